The Kier molecular flexibility index (Phi) is 5.48. The summed E-state index contributed by atoms with van der Waals surface area (Å²) < 4.78 is 0. The molecule has 4 nitrogen and oxygen atoms in total. The third-order valence-corrected chi connectivity index (χ3v) is 4.70. The van der Waals surface area contributed by atoms with Crippen LogP contribution in [-0.2, 0) is 4.79 Å². The lowest BCUT2D eigenvalue weighted by molar-refractivity contribution is -0.116. The van der Waals surface area contributed by atoms with Crippen LogP contribution in [0, 0.1) is 11.8 Å². The van der Waals surface area contributed by atoms with Gasteiger partial charge in [0.15, 0.2) is 0 Å². The summed E-state index contributed by atoms with van der Waals surface area (Å²) in [7, 11) is 0. The summed E-state index contributed by atoms with van der Waals surface area (Å²) in [5.41, 5.74) is 6.90. The maximum Gasteiger partial charge on any atom is 0.225 e. The Morgan fingerprint density at radius 2 is 2.19 bits per heavy atom. The Morgan fingerprint density at radius 1 is 1.43 bits per heavy atom. The van der Waals surface area contributed by atoms with Crippen molar-refractivity contribution in [1.29, 1.82) is 0 Å². The van der Waals surface area contributed by atoms with E-state index < -0.39 is 0 Å². The fourth-order valence-electron chi connectivity index (χ4n) is 2.66. The second-order valence-electron chi connectivity index (χ2n) is 6.08. The molecule has 0 aliphatic carbocycles. The zero-order valence-corrected chi connectivity index (χ0v) is 13.5. The summed E-state index contributed by atoms with van der Waals surface area (Å²) in [6.45, 7) is 7.58. The molecule has 5 heteroatoms. The average molecular weight is 310 g/mol. The summed E-state index contributed by atoms with van der Waals surface area (Å²) in [4.78, 5) is 14.4. The molecule has 1 amide bonds. The van der Waals surface area contributed by atoms with Crippen molar-refractivity contribution in [2.75, 3.05) is 30.7 Å². The largest absolute Gasteiger partial charge is 0.397 e. The highest BCUT2D eigenvalue weighted by Crippen LogP contribution is 2.23. The van der Waals surface area contributed by atoms with Gasteiger partial charge < -0.3 is 16.0 Å². The Balaban J connectivity index is 1.78. The first-order chi connectivity index (χ1) is 9.95. The van der Waals surface area contributed by atoms with Gasteiger partial charge in [0, 0.05) is 25.2 Å². The van der Waals surface area contributed by atoms with Crippen molar-refractivity contribution in [2.45, 2.75) is 26.7 Å². The van der Waals surface area contributed by atoms with E-state index in [0.717, 1.165) is 25.6 Å². The minimum absolute atomic E-state index is 0.0167. The minimum atomic E-state index is 0.0167. The van der Waals surface area contributed by atoms with Crippen LogP contribution in [0.3, 0.4) is 0 Å². The number of hydrogen-bond donors (Lipinski definition) is 2. The van der Waals surface area contributed by atoms with Gasteiger partial charge >= 0.3 is 0 Å². The molecular weight excluding hydrogens is 286 g/mol. The molecule has 2 atom stereocenters. The number of halogens is 1. The van der Waals surface area contributed by atoms with Gasteiger partial charge in [-0.3, -0.25) is 4.79 Å². The molecule has 0 saturated carbocycles. The number of carbonyl (C=O) groups is 1. The van der Waals surface area contributed by atoms with Gasteiger partial charge in [0.25, 0.3) is 0 Å². The van der Waals surface area contributed by atoms with Crippen LogP contribution in [0.5, 0.6) is 0 Å². The molecule has 3 N–H and O–H groups in total. The van der Waals surface area contributed by atoms with Gasteiger partial charge in [-0.15, -0.1) is 0 Å². The highest BCUT2D eigenvalue weighted by molar-refractivity contribution is 6.33. The number of nitrogens with one attached hydrogen (secondary N) is 1. The predicted octanol–water partition coefficient (Wildman–Crippen LogP) is 3.23. The lowest BCUT2D eigenvalue weighted by Gasteiger charge is -2.35. The Hall–Kier alpha value is -1.26. The smallest absolute Gasteiger partial charge is 0.225 e. The molecule has 0 bridgehead atoms. The third kappa shape index (κ3) is 4.61. The maximum atomic E-state index is 12.0. The highest BCUT2D eigenvalue weighted by atomic mass is 35.5. The van der Waals surface area contributed by atoms with Gasteiger partial charge in [-0.1, -0.05) is 25.4 Å². The van der Waals surface area contributed by atoms with Crippen molar-refractivity contribution >= 4 is 28.9 Å². The quantitative estimate of drug-likeness (QED) is 0.840. The number of benzene rings is 1. The van der Waals surface area contributed by atoms with Crippen LogP contribution in [0.2, 0.25) is 5.02 Å². The normalized spacial score (nSPS) is 23.0. The molecule has 1 saturated heterocycles. The Morgan fingerprint density at radius 3 is 2.86 bits per heavy atom. The second-order valence-corrected chi connectivity index (χ2v) is 6.49. The van der Waals surface area contributed by atoms with Crippen molar-refractivity contribution < 1.29 is 4.79 Å². The third-order valence-electron chi connectivity index (χ3n) is 4.35. The molecule has 0 spiro atoms. The fraction of sp³-hybridized carbons (Fsp3) is 0.562. The van der Waals surface area contributed by atoms with Crippen molar-refractivity contribution in [2.24, 2.45) is 11.8 Å². The molecule has 1 aliphatic heterocycles. The number of rotatable bonds is 4. The van der Waals surface area contributed by atoms with Gasteiger partial charge in [-0.25, -0.2) is 0 Å². The molecule has 2 rings (SSSR count). The number of likely N-dealkylation sites (tertiary alicyclic amines) is 1. The molecule has 2 unspecified atom stereocenters. The van der Waals surface area contributed by atoms with Crippen LogP contribution in [-0.4, -0.2) is 30.4 Å². The van der Waals surface area contributed by atoms with E-state index in [1.807, 2.05) is 0 Å². The van der Waals surface area contributed by atoms with Crippen molar-refractivity contribution in [3.63, 3.8) is 0 Å². The van der Waals surface area contributed by atoms with Gasteiger partial charge in [0.1, 0.15) is 0 Å². The van der Waals surface area contributed by atoms with Crippen LogP contribution in [0.1, 0.15) is 26.7 Å². The molecule has 1 fully saturated rings. The number of piperidine rings is 1. The SMILES string of the molecule is CC1CCN(CCC(=O)Nc2ccc(Cl)c(N)c2)CC1C. The van der Waals surface area contributed by atoms with E-state index in [2.05, 4.69) is 24.1 Å². The summed E-state index contributed by atoms with van der Waals surface area (Å²) in [6.07, 6.45) is 1.72. The van der Waals surface area contributed by atoms with E-state index >= 15 is 0 Å². The standard InChI is InChI=1S/C16H24ClN3O/c1-11-5-7-20(10-12(11)2)8-6-16(21)19-13-3-4-14(17)15(18)9-13/h3-4,9,11-12H,5-8,10,18H2,1-2H3,(H,19,21). The maximum absolute atomic E-state index is 12.0. The molecule has 0 aromatic heterocycles. The van der Waals surface area contributed by atoms with Crippen molar-refractivity contribution in [3.8, 4) is 0 Å². The zero-order valence-electron chi connectivity index (χ0n) is 12.7. The fourth-order valence-corrected chi connectivity index (χ4v) is 2.77. The molecule has 21 heavy (non-hydrogen) atoms. The highest BCUT2D eigenvalue weighted by Gasteiger charge is 2.22. The number of hydrogen-bond acceptors (Lipinski definition) is 3. The van der Waals surface area contributed by atoms with E-state index in [1.165, 1.54) is 6.42 Å². The van der Waals surface area contributed by atoms with Crippen LogP contribution in [0.4, 0.5) is 11.4 Å². The monoisotopic (exact) mass is 309 g/mol. The number of nitrogens with two attached hydrogens (primary N) is 1. The molecule has 1 heterocycles. The van der Waals surface area contributed by atoms with E-state index in [0.29, 0.717) is 28.7 Å². The molecular formula is C16H24ClN3O. The zero-order chi connectivity index (χ0) is 15.4. The van der Waals surface area contributed by atoms with Crippen molar-refractivity contribution in [1.82, 2.24) is 4.90 Å². The number of amides is 1. The second kappa shape index (κ2) is 7.14. The lowest BCUT2D eigenvalue weighted by atomic mass is 9.89. The topological polar surface area (TPSA) is 58.4 Å². The summed E-state index contributed by atoms with van der Waals surface area (Å²) in [5, 5.41) is 3.37. The first-order valence-electron chi connectivity index (χ1n) is 7.53. The van der Waals surface area contributed by atoms with Crippen molar-refractivity contribution in [3.05, 3.63) is 23.2 Å². The van der Waals surface area contributed by atoms with E-state index in [9.17, 15) is 4.79 Å². The van der Waals surface area contributed by atoms with Gasteiger partial charge in [0.2, 0.25) is 5.91 Å². The van der Waals surface area contributed by atoms with Gasteiger partial charge in [-0.2, -0.15) is 0 Å². The van der Waals surface area contributed by atoms with Gasteiger partial charge in [-0.05, 0) is 43.0 Å². The summed E-state index contributed by atoms with van der Waals surface area (Å²) in [6, 6.07) is 5.15. The Bertz CT molecular complexity index is 506. The number of nitrogens with zero attached hydrogens (tertiary/aromatic N) is 1. The predicted molar refractivity (Wildman–Crippen MR) is 88.5 cm³/mol. The molecule has 1 aromatic rings. The number of nitrogen functional groups attached to an aromatic ring is 1. The summed E-state index contributed by atoms with van der Waals surface area (Å²) in [5.74, 6) is 1.51. The lowest BCUT2D eigenvalue weighted by Crippen LogP contribution is -2.39. The number of carbonyl (C=O) groups excluding carboxylic acids is 1. The minimum Gasteiger partial charge on any atom is -0.397 e. The van der Waals surface area contributed by atoms with Crippen LogP contribution in [0.15, 0.2) is 18.2 Å². The van der Waals surface area contributed by atoms with Gasteiger partial charge in [0.05, 0.1) is 10.7 Å². The molecule has 116 valence electrons. The summed E-state index contributed by atoms with van der Waals surface area (Å²) >= 11 is 5.86. The average Bonchev–Trinajstić information content (AvgIpc) is 2.44. The van der Waals surface area contributed by atoms with Crippen LogP contribution in [0.25, 0.3) is 0 Å². The first-order valence-corrected chi connectivity index (χ1v) is 7.90. The Labute approximate surface area is 131 Å². The van der Waals surface area contributed by atoms with Crippen LogP contribution >= 0.6 is 11.6 Å². The molecule has 1 aliphatic rings. The molecule has 0 radical (unpaired) electrons. The van der Waals surface area contributed by atoms with E-state index in [1.54, 1.807) is 18.2 Å². The van der Waals surface area contributed by atoms with Crippen LogP contribution < -0.4 is 11.1 Å². The first kappa shape index (κ1) is 16.1. The van der Waals surface area contributed by atoms with E-state index in [-0.39, 0.29) is 5.91 Å². The van der Waals surface area contributed by atoms with E-state index in [4.69, 9.17) is 17.3 Å². The molecule has 1 aromatic carbocycles. The number of anilines is 2.